The molecule has 0 saturated carbocycles. The van der Waals surface area contributed by atoms with Crippen molar-refractivity contribution < 1.29 is 8.85 Å². The number of rotatable bonds is 7. The summed E-state index contributed by atoms with van der Waals surface area (Å²) in [7, 11) is 0.344. The van der Waals surface area contributed by atoms with Gasteiger partial charge in [-0.3, -0.25) is 0 Å². The van der Waals surface area contributed by atoms with Gasteiger partial charge in [0.1, 0.15) is 0 Å². The van der Waals surface area contributed by atoms with Crippen molar-refractivity contribution in [1.82, 2.24) is 0 Å². The second-order valence-corrected chi connectivity index (χ2v) is 31.6. The Hall–Kier alpha value is 1.00. The van der Waals surface area contributed by atoms with Crippen LogP contribution in [0.5, 0.6) is 0 Å². The van der Waals surface area contributed by atoms with Crippen LogP contribution in [-0.4, -0.2) is 44.6 Å². The van der Waals surface area contributed by atoms with Gasteiger partial charge in [-0.2, -0.15) is 0 Å². The first-order valence-corrected chi connectivity index (χ1v) is 18.2. The molecule has 0 rings (SSSR count). The van der Waals surface area contributed by atoms with Gasteiger partial charge in [0.15, 0.2) is 0 Å². The molecule has 2 nitrogen and oxygen atoms in total. The van der Waals surface area contributed by atoms with Gasteiger partial charge in [0, 0.05) is 14.2 Å². The Morgan fingerprint density at radius 3 is 1.53 bits per heavy atom. The zero-order valence-electron chi connectivity index (χ0n) is 13.1. The molecule has 0 fully saturated rings. The normalized spacial score (nSPS) is 15.7. The van der Waals surface area contributed by atoms with Crippen molar-refractivity contribution in [3.05, 3.63) is 0 Å². The van der Waals surface area contributed by atoms with Crippen molar-refractivity contribution in [2.75, 3.05) is 14.2 Å². The Morgan fingerprint density at radius 2 is 1.29 bits per heavy atom. The summed E-state index contributed by atoms with van der Waals surface area (Å²) in [5.74, 6) is 0. The molecule has 1 atom stereocenters. The van der Waals surface area contributed by atoms with E-state index in [0.29, 0.717) is 0 Å². The van der Waals surface area contributed by atoms with E-state index in [4.69, 9.17) is 8.85 Å². The fourth-order valence-electron chi connectivity index (χ4n) is 3.00. The van der Waals surface area contributed by atoms with E-state index in [2.05, 4.69) is 46.2 Å². The minimum Gasteiger partial charge on any atom is -0.400 e. The lowest BCUT2D eigenvalue weighted by Crippen LogP contribution is -2.38. The predicted octanol–water partition coefficient (Wildman–Crippen LogP) is 4.04. The van der Waals surface area contributed by atoms with Crippen LogP contribution in [0.4, 0.5) is 0 Å². The van der Waals surface area contributed by atoms with Gasteiger partial charge in [-0.1, -0.05) is 46.2 Å². The molecule has 0 aliphatic rings. The van der Waals surface area contributed by atoms with Gasteiger partial charge in [-0.15, -0.1) is 7.02 Å². The van der Waals surface area contributed by atoms with E-state index in [1.54, 1.807) is 14.2 Å². The summed E-state index contributed by atoms with van der Waals surface area (Å²) in [6.45, 7) is 17.7. The summed E-state index contributed by atoms with van der Waals surface area (Å²) < 4.78 is 11.0. The minimum atomic E-state index is -1.39. The zero-order chi connectivity index (χ0) is 13.9. The Labute approximate surface area is 113 Å². The summed E-state index contributed by atoms with van der Waals surface area (Å²) in [4.78, 5) is 0. The third-order valence-corrected chi connectivity index (χ3v) is 32.9. The second-order valence-electron chi connectivity index (χ2n) is 6.70. The van der Waals surface area contributed by atoms with E-state index in [9.17, 15) is 0 Å². The summed E-state index contributed by atoms with van der Waals surface area (Å²) in [6.07, 6.45) is 0. The lowest BCUT2D eigenvalue weighted by Gasteiger charge is -2.44. The first kappa shape index (κ1) is 18.0. The molecule has 0 amide bonds. The monoisotopic (exact) mass is 310 g/mol. The number of hydrogen-bond donors (Lipinski definition) is 0. The smallest absolute Gasteiger partial charge is 0.321 e. The van der Waals surface area contributed by atoms with Gasteiger partial charge < -0.3 is 8.85 Å². The van der Waals surface area contributed by atoms with Crippen molar-refractivity contribution in [1.29, 1.82) is 0 Å². The molecule has 0 aromatic rings. The van der Waals surface area contributed by atoms with E-state index >= 15 is 0 Å². The predicted molar refractivity (Wildman–Crippen MR) is 89.0 cm³/mol. The number of hydrogen-bond acceptors (Lipinski definition) is 2. The van der Waals surface area contributed by atoms with E-state index < -0.39 is 24.8 Å². The van der Waals surface area contributed by atoms with Crippen molar-refractivity contribution in [2.24, 2.45) is 0 Å². The summed E-state index contributed by atoms with van der Waals surface area (Å²) in [6, 6.07) is 1.19. The van der Waals surface area contributed by atoms with Gasteiger partial charge in [0.05, 0.1) is 15.5 Å². The first-order valence-electron chi connectivity index (χ1n) is 6.39. The maximum absolute atomic E-state index is 5.50. The van der Waals surface area contributed by atoms with Gasteiger partial charge in [-0.25, -0.2) is 0 Å². The summed E-state index contributed by atoms with van der Waals surface area (Å²) in [5.41, 5.74) is 0.819. The van der Waals surface area contributed by atoms with Crippen molar-refractivity contribution in [3.63, 3.8) is 0 Å². The van der Waals surface area contributed by atoms with Crippen LogP contribution >= 0.6 is 7.02 Å². The van der Waals surface area contributed by atoms with E-state index in [0.717, 1.165) is 5.66 Å². The van der Waals surface area contributed by atoms with Crippen LogP contribution in [0.25, 0.3) is 0 Å². The van der Waals surface area contributed by atoms with Crippen LogP contribution in [-0.2, 0) is 8.85 Å². The van der Waals surface area contributed by atoms with Crippen molar-refractivity contribution in [3.8, 4) is 0 Å². The standard InChI is InChI=1S/C11H31O2PSi3/c1-11(10-15(12-2)13-3)14(16(4,5)6)17(7,8)9/h11,15H,10H2,1-9H3. The van der Waals surface area contributed by atoms with Crippen LogP contribution in [0, 0.1) is 0 Å². The highest BCUT2D eigenvalue weighted by Gasteiger charge is 2.40. The molecule has 0 radical (unpaired) electrons. The Balaban J connectivity index is 4.84. The largest absolute Gasteiger partial charge is 0.400 e. The highest BCUT2D eigenvalue weighted by atomic mass is 31.6. The molecular weight excluding hydrogens is 279 g/mol. The van der Waals surface area contributed by atoms with Gasteiger partial charge >= 0.3 is 9.28 Å². The first-order chi connectivity index (χ1) is 7.54. The van der Waals surface area contributed by atoms with Crippen LogP contribution in [0.3, 0.4) is 0 Å². The lowest BCUT2D eigenvalue weighted by molar-refractivity contribution is 0.277. The van der Waals surface area contributed by atoms with Crippen molar-refractivity contribution in [2.45, 2.75) is 57.9 Å². The Bertz CT molecular complexity index is 208. The van der Waals surface area contributed by atoms with Gasteiger partial charge in [0.25, 0.3) is 0 Å². The molecule has 0 N–H and O–H groups in total. The maximum atomic E-state index is 5.50. The fourth-order valence-corrected chi connectivity index (χ4v) is 44.1. The van der Waals surface area contributed by atoms with Crippen LogP contribution in [0.15, 0.2) is 0 Å². The molecule has 0 aromatic carbocycles. The van der Waals surface area contributed by atoms with Crippen LogP contribution in [0.1, 0.15) is 6.92 Å². The zero-order valence-corrected chi connectivity index (χ0v) is 17.2. The molecule has 0 spiro atoms. The Kier molecular flexibility index (Phi) is 7.37. The average Bonchev–Trinajstić information content (AvgIpc) is 2.09. The molecule has 0 aromatic heterocycles. The molecule has 1 unspecified atom stereocenters. The molecule has 17 heavy (non-hydrogen) atoms. The molecular formula is C11H31O2PSi3. The SMILES string of the molecule is CO[SiH](CC(C)P([Si](C)(C)C)[Si](C)(C)C)OC. The van der Waals surface area contributed by atoms with Crippen LogP contribution in [0.2, 0.25) is 45.3 Å². The van der Waals surface area contributed by atoms with Crippen LogP contribution < -0.4 is 0 Å². The molecule has 6 heteroatoms. The lowest BCUT2D eigenvalue weighted by atomic mass is 10.6. The van der Waals surface area contributed by atoms with Crippen molar-refractivity contribution >= 4 is 31.8 Å². The highest BCUT2D eigenvalue weighted by Crippen LogP contribution is 2.59. The topological polar surface area (TPSA) is 18.5 Å². The molecule has 0 heterocycles. The Morgan fingerprint density at radius 1 is 0.941 bits per heavy atom. The maximum Gasteiger partial charge on any atom is 0.321 e. The summed E-state index contributed by atoms with van der Waals surface area (Å²) in [5, 5.41) is 0. The molecule has 0 bridgehead atoms. The highest BCUT2D eigenvalue weighted by molar-refractivity contribution is 8.18. The second kappa shape index (κ2) is 6.96. The van der Waals surface area contributed by atoms with Gasteiger partial charge in [-0.05, 0) is 11.7 Å². The molecule has 0 saturated heterocycles. The van der Waals surface area contributed by atoms with E-state index in [1.165, 1.54) is 6.04 Å². The van der Waals surface area contributed by atoms with E-state index in [1.807, 2.05) is 0 Å². The third kappa shape index (κ3) is 6.12. The minimum absolute atomic E-state index is 0.205. The third-order valence-electron chi connectivity index (χ3n) is 2.95. The average molecular weight is 311 g/mol. The molecule has 0 aliphatic heterocycles. The van der Waals surface area contributed by atoms with Gasteiger partial charge in [0.2, 0.25) is 0 Å². The quantitative estimate of drug-likeness (QED) is 0.522. The summed E-state index contributed by atoms with van der Waals surface area (Å²) >= 11 is 0. The molecule has 0 aliphatic carbocycles. The molecule has 104 valence electrons. The fraction of sp³-hybridized carbons (Fsp3) is 1.00. The van der Waals surface area contributed by atoms with E-state index in [-0.39, 0.29) is 7.02 Å².